The summed E-state index contributed by atoms with van der Waals surface area (Å²) in [6, 6.07) is 16.5. The Bertz CT molecular complexity index is 946. The summed E-state index contributed by atoms with van der Waals surface area (Å²) in [5.74, 6) is -0.428. The molecule has 0 bridgehead atoms. The molecular formula is C21H19NO5. The number of hydrogen-bond acceptors (Lipinski definition) is 5. The van der Waals surface area contributed by atoms with Crippen LogP contribution in [-0.4, -0.2) is 25.0 Å². The van der Waals surface area contributed by atoms with E-state index in [-0.39, 0.29) is 12.4 Å². The molecule has 3 aromatic rings. The fourth-order valence-corrected chi connectivity index (χ4v) is 2.51. The second kappa shape index (κ2) is 8.71. The standard InChI is InChI=1S/C21H19NO5/c1-2-12-22-19(23)14-26-21(24)20-17(13-25-15-8-4-3-5-9-15)16-10-6-7-11-18(16)27-20/h2-11H,1,12-14H2,(H,22,23). The molecule has 0 spiro atoms. The number of carbonyl (C=O) groups is 2. The van der Waals surface area contributed by atoms with Crippen LogP contribution in [0.25, 0.3) is 11.0 Å². The van der Waals surface area contributed by atoms with Crippen molar-refractivity contribution in [2.45, 2.75) is 6.61 Å². The van der Waals surface area contributed by atoms with Gasteiger partial charge in [-0.15, -0.1) is 6.58 Å². The fourth-order valence-electron chi connectivity index (χ4n) is 2.51. The highest BCUT2D eigenvalue weighted by atomic mass is 16.5. The number of fused-ring (bicyclic) bond motifs is 1. The molecule has 1 heterocycles. The molecule has 0 aliphatic rings. The number of amides is 1. The number of rotatable bonds is 8. The SMILES string of the molecule is C=CCNC(=O)COC(=O)c1oc2ccccc2c1COc1ccccc1. The van der Waals surface area contributed by atoms with E-state index in [0.717, 1.165) is 5.39 Å². The summed E-state index contributed by atoms with van der Waals surface area (Å²) in [4.78, 5) is 24.1. The average Bonchev–Trinajstić information content (AvgIpc) is 3.08. The lowest BCUT2D eigenvalue weighted by atomic mass is 10.1. The topological polar surface area (TPSA) is 77.8 Å². The summed E-state index contributed by atoms with van der Waals surface area (Å²) in [7, 11) is 0. The maximum absolute atomic E-state index is 12.5. The van der Waals surface area contributed by atoms with Gasteiger partial charge in [0.15, 0.2) is 6.61 Å². The van der Waals surface area contributed by atoms with E-state index in [1.807, 2.05) is 48.5 Å². The van der Waals surface area contributed by atoms with E-state index in [9.17, 15) is 9.59 Å². The molecule has 3 rings (SSSR count). The van der Waals surface area contributed by atoms with Gasteiger partial charge in [-0.2, -0.15) is 0 Å². The van der Waals surface area contributed by atoms with Crippen molar-refractivity contribution < 1.29 is 23.5 Å². The van der Waals surface area contributed by atoms with Crippen LogP contribution in [0.15, 0.2) is 71.7 Å². The smallest absolute Gasteiger partial charge is 0.375 e. The number of ether oxygens (including phenoxy) is 2. The van der Waals surface area contributed by atoms with Crippen LogP contribution < -0.4 is 10.1 Å². The molecule has 0 atom stereocenters. The van der Waals surface area contributed by atoms with Gasteiger partial charge in [0, 0.05) is 11.9 Å². The van der Waals surface area contributed by atoms with Gasteiger partial charge < -0.3 is 19.2 Å². The van der Waals surface area contributed by atoms with Crippen LogP contribution in [0.5, 0.6) is 5.75 Å². The molecule has 0 fully saturated rings. The third-order valence-electron chi connectivity index (χ3n) is 3.79. The van der Waals surface area contributed by atoms with Gasteiger partial charge in [-0.25, -0.2) is 4.79 Å². The lowest BCUT2D eigenvalue weighted by Gasteiger charge is -2.07. The molecule has 1 amide bonds. The van der Waals surface area contributed by atoms with Crippen LogP contribution in [0.2, 0.25) is 0 Å². The van der Waals surface area contributed by atoms with Crippen LogP contribution in [0, 0.1) is 0 Å². The molecule has 27 heavy (non-hydrogen) atoms. The van der Waals surface area contributed by atoms with Crippen LogP contribution >= 0.6 is 0 Å². The monoisotopic (exact) mass is 365 g/mol. The molecule has 0 saturated heterocycles. The molecule has 1 N–H and O–H groups in total. The van der Waals surface area contributed by atoms with Gasteiger partial charge in [0.2, 0.25) is 5.76 Å². The summed E-state index contributed by atoms with van der Waals surface area (Å²) in [6.45, 7) is 3.54. The van der Waals surface area contributed by atoms with Crippen molar-refractivity contribution in [2.24, 2.45) is 0 Å². The van der Waals surface area contributed by atoms with Gasteiger partial charge in [-0.1, -0.05) is 42.5 Å². The van der Waals surface area contributed by atoms with Crippen LogP contribution in [0.1, 0.15) is 16.1 Å². The van der Waals surface area contributed by atoms with Crippen molar-refractivity contribution in [3.05, 3.63) is 78.6 Å². The summed E-state index contributed by atoms with van der Waals surface area (Å²) in [5.41, 5.74) is 1.12. The van der Waals surface area contributed by atoms with Gasteiger partial charge in [0.1, 0.15) is 17.9 Å². The maximum atomic E-state index is 12.5. The highest BCUT2D eigenvalue weighted by molar-refractivity contribution is 5.96. The second-order valence-electron chi connectivity index (χ2n) is 5.68. The van der Waals surface area contributed by atoms with Crippen LogP contribution in [0.3, 0.4) is 0 Å². The molecule has 0 aliphatic heterocycles. The zero-order chi connectivity index (χ0) is 19.1. The van der Waals surface area contributed by atoms with Crippen molar-refractivity contribution in [1.82, 2.24) is 5.32 Å². The number of benzene rings is 2. The summed E-state index contributed by atoms with van der Waals surface area (Å²) in [6.07, 6.45) is 1.54. The molecular weight excluding hydrogens is 346 g/mol. The first kappa shape index (κ1) is 18.3. The lowest BCUT2D eigenvalue weighted by molar-refractivity contribution is -0.124. The molecule has 0 saturated carbocycles. The Hall–Kier alpha value is -3.54. The minimum Gasteiger partial charge on any atom is -0.489 e. The Labute approximate surface area is 156 Å². The summed E-state index contributed by atoms with van der Waals surface area (Å²) < 4.78 is 16.5. The van der Waals surface area contributed by atoms with E-state index < -0.39 is 18.5 Å². The fraction of sp³-hybridized carbons (Fsp3) is 0.143. The Kier molecular flexibility index (Phi) is 5.89. The molecule has 0 unspecified atom stereocenters. The zero-order valence-corrected chi connectivity index (χ0v) is 14.6. The van der Waals surface area contributed by atoms with Crippen molar-refractivity contribution in [1.29, 1.82) is 0 Å². The number of hydrogen-bond donors (Lipinski definition) is 1. The Morgan fingerprint density at radius 2 is 1.81 bits per heavy atom. The summed E-state index contributed by atoms with van der Waals surface area (Å²) >= 11 is 0. The van der Waals surface area contributed by atoms with Crippen LogP contribution in [-0.2, 0) is 16.1 Å². The van der Waals surface area contributed by atoms with E-state index >= 15 is 0 Å². The first-order valence-corrected chi connectivity index (χ1v) is 8.42. The summed E-state index contributed by atoms with van der Waals surface area (Å²) in [5, 5.41) is 3.30. The molecule has 0 aliphatic carbocycles. The minimum absolute atomic E-state index is 0.0312. The predicted octanol–water partition coefficient (Wildman–Crippen LogP) is 3.47. The number of nitrogens with one attached hydrogen (secondary N) is 1. The van der Waals surface area contributed by atoms with Gasteiger partial charge in [-0.05, 0) is 18.2 Å². The first-order chi connectivity index (χ1) is 13.2. The Morgan fingerprint density at radius 3 is 2.59 bits per heavy atom. The van der Waals surface area contributed by atoms with Crippen molar-refractivity contribution in [3.63, 3.8) is 0 Å². The van der Waals surface area contributed by atoms with E-state index in [2.05, 4.69) is 11.9 Å². The Balaban J connectivity index is 1.78. The molecule has 1 aromatic heterocycles. The normalized spacial score (nSPS) is 10.4. The number of para-hydroxylation sites is 2. The first-order valence-electron chi connectivity index (χ1n) is 8.42. The highest BCUT2D eigenvalue weighted by Gasteiger charge is 2.23. The van der Waals surface area contributed by atoms with E-state index in [1.54, 1.807) is 6.07 Å². The van der Waals surface area contributed by atoms with Gasteiger partial charge >= 0.3 is 5.97 Å². The quantitative estimate of drug-likeness (QED) is 0.488. The predicted molar refractivity (Wildman–Crippen MR) is 100 cm³/mol. The molecule has 6 nitrogen and oxygen atoms in total. The molecule has 2 aromatic carbocycles. The van der Waals surface area contributed by atoms with Gasteiger partial charge in [0.25, 0.3) is 5.91 Å². The lowest BCUT2D eigenvalue weighted by Crippen LogP contribution is -2.28. The second-order valence-corrected chi connectivity index (χ2v) is 5.68. The highest BCUT2D eigenvalue weighted by Crippen LogP contribution is 2.27. The Morgan fingerprint density at radius 1 is 1.07 bits per heavy atom. The number of esters is 1. The van der Waals surface area contributed by atoms with Gasteiger partial charge in [-0.3, -0.25) is 4.79 Å². The molecule has 6 heteroatoms. The third-order valence-corrected chi connectivity index (χ3v) is 3.79. The van der Waals surface area contributed by atoms with Crippen molar-refractivity contribution in [3.8, 4) is 5.75 Å². The third kappa shape index (κ3) is 4.55. The molecule has 0 radical (unpaired) electrons. The molecule has 138 valence electrons. The zero-order valence-electron chi connectivity index (χ0n) is 14.6. The van der Waals surface area contributed by atoms with E-state index in [0.29, 0.717) is 23.4 Å². The van der Waals surface area contributed by atoms with Gasteiger partial charge in [0.05, 0.1) is 5.56 Å². The van der Waals surface area contributed by atoms with E-state index in [1.165, 1.54) is 6.08 Å². The average molecular weight is 365 g/mol. The van der Waals surface area contributed by atoms with E-state index in [4.69, 9.17) is 13.9 Å². The largest absolute Gasteiger partial charge is 0.489 e. The number of furan rings is 1. The number of carbonyl (C=O) groups excluding carboxylic acids is 2. The van der Waals surface area contributed by atoms with Crippen molar-refractivity contribution >= 4 is 22.8 Å². The van der Waals surface area contributed by atoms with Crippen LogP contribution in [0.4, 0.5) is 0 Å². The maximum Gasteiger partial charge on any atom is 0.375 e. The minimum atomic E-state index is -0.716. The van der Waals surface area contributed by atoms with Crippen molar-refractivity contribution in [2.75, 3.05) is 13.2 Å².